The van der Waals surface area contributed by atoms with Crippen LogP contribution >= 0.6 is 0 Å². The van der Waals surface area contributed by atoms with Gasteiger partial charge in [0.1, 0.15) is 11.6 Å². The van der Waals surface area contributed by atoms with Gasteiger partial charge in [0.15, 0.2) is 11.4 Å². The topological polar surface area (TPSA) is 65.4 Å². The van der Waals surface area contributed by atoms with E-state index in [2.05, 4.69) is 10.1 Å². The number of nitrogens with zero attached hydrogens (tertiary/aromatic N) is 3. The average Bonchev–Trinajstić information content (AvgIpc) is 3.00. The standard InChI is InChI=1S/C17H15FN4O/c18-13-5-3-4-11(8-13)12-9-15(19)22-16(10-12)20-17(21-22)14-6-1-2-7-23-14/h3-6,8-10H,1-2,7,19H2. The van der Waals surface area contributed by atoms with Crippen molar-refractivity contribution in [3.05, 3.63) is 54.1 Å². The third-order valence-corrected chi connectivity index (χ3v) is 3.78. The maximum Gasteiger partial charge on any atom is 0.217 e. The number of rotatable bonds is 2. The van der Waals surface area contributed by atoms with E-state index in [1.54, 1.807) is 16.6 Å². The Morgan fingerprint density at radius 3 is 2.87 bits per heavy atom. The third kappa shape index (κ3) is 2.52. The Labute approximate surface area is 132 Å². The van der Waals surface area contributed by atoms with Gasteiger partial charge >= 0.3 is 0 Å². The maximum absolute atomic E-state index is 13.4. The molecule has 4 rings (SSSR count). The molecule has 0 unspecified atom stereocenters. The van der Waals surface area contributed by atoms with Crippen molar-refractivity contribution in [3.63, 3.8) is 0 Å². The normalized spacial score (nSPS) is 14.6. The van der Waals surface area contributed by atoms with Crippen LogP contribution in [0, 0.1) is 5.82 Å². The summed E-state index contributed by atoms with van der Waals surface area (Å²) in [5, 5.41) is 4.40. The molecule has 0 radical (unpaired) electrons. The fourth-order valence-corrected chi connectivity index (χ4v) is 2.66. The van der Waals surface area contributed by atoms with Gasteiger partial charge in [-0.15, -0.1) is 5.10 Å². The lowest BCUT2D eigenvalue weighted by molar-refractivity contribution is 0.256. The molecule has 2 aromatic heterocycles. The zero-order valence-corrected chi connectivity index (χ0v) is 12.4. The van der Waals surface area contributed by atoms with E-state index in [1.807, 2.05) is 18.2 Å². The van der Waals surface area contributed by atoms with Gasteiger partial charge in [-0.05, 0) is 54.3 Å². The van der Waals surface area contributed by atoms with Crippen molar-refractivity contribution < 1.29 is 9.13 Å². The summed E-state index contributed by atoms with van der Waals surface area (Å²) in [6.07, 6.45) is 3.94. The van der Waals surface area contributed by atoms with Gasteiger partial charge in [0.2, 0.25) is 5.82 Å². The van der Waals surface area contributed by atoms with Gasteiger partial charge in [0.25, 0.3) is 0 Å². The molecule has 0 amide bonds. The fraction of sp³-hybridized carbons (Fsp3) is 0.176. The van der Waals surface area contributed by atoms with E-state index in [0.29, 0.717) is 29.7 Å². The number of halogens is 1. The zero-order valence-electron chi connectivity index (χ0n) is 12.4. The maximum atomic E-state index is 13.4. The lowest BCUT2D eigenvalue weighted by Crippen LogP contribution is -2.02. The van der Waals surface area contributed by atoms with Crippen molar-refractivity contribution >= 4 is 17.2 Å². The van der Waals surface area contributed by atoms with Gasteiger partial charge < -0.3 is 10.5 Å². The van der Waals surface area contributed by atoms with E-state index in [9.17, 15) is 4.39 Å². The first-order chi connectivity index (χ1) is 11.2. The second-order valence-electron chi connectivity index (χ2n) is 5.44. The smallest absolute Gasteiger partial charge is 0.217 e. The van der Waals surface area contributed by atoms with E-state index in [4.69, 9.17) is 10.5 Å². The molecule has 1 aliphatic heterocycles. The van der Waals surface area contributed by atoms with Gasteiger partial charge in [-0.25, -0.2) is 9.37 Å². The summed E-state index contributed by atoms with van der Waals surface area (Å²) in [4.78, 5) is 4.49. The van der Waals surface area contributed by atoms with Crippen LogP contribution in [0.2, 0.25) is 0 Å². The first kappa shape index (κ1) is 13.8. The van der Waals surface area contributed by atoms with Crippen molar-refractivity contribution in [2.24, 2.45) is 0 Å². The predicted molar refractivity (Wildman–Crippen MR) is 86.0 cm³/mol. The van der Waals surface area contributed by atoms with Crippen LogP contribution in [0.15, 0.2) is 42.5 Å². The summed E-state index contributed by atoms with van der Waals surface area (Å²) < 4.78 is 20.6. The number of hydrogen-bond donors (Lipinski definition) is 1. The minimum absolute atomic E-state index is 0.288. The number of allylic oxidation sites excluding steroid dienone is 1. The highest BCUT2D eigenvalue weighted by Gasteiger charge is 2.15. The fourth-order valence-electron chi connectivity index (χ4n) is 2.66. The molecule has 0 bridgehead atoms. The number of hydrogen-bond acceptors (Lipinski definition) is 4. The number of nitrogens with two attached hydrogens (primary N) is 1. The molecular weight excluding hydrogens is 295 g/mol. The Hall–Kier alpha value is -2.89. The molecule has 116 valence electrons. The minimum Gasteiger partial charge on any atom is -0.490 e. The van der Waals surface area contributed by atoms with E-state index in [1.165, 1.54) is 12.1 Å². The first-order valence-electron chi connectivity index (χ1n) is 7.46. The lowest BCUT2D eigenvalue weighted by Gasteiger charge is -2.11. The molecule has 2 N–H and O–H groups in total. The number of fused-ring (bicyclic) bond motifs is 1. The monoisotopic (exact) mass is 310 g/mol. The van der Waals surface area contributed by atoms with Crippen LogP contribution in [0.3, 0.4) is 0 Å². The van der Waals surface area contributed by atoms with Crippen molar-refractivity contribution in [3.8, 4) is 11.1 Å². The number of benzene rings is 1. The summed E-state index contributed by atoms with van der Waals surface area (Å²) in [5.41, 5.74) is 8.23. The average molecular weight is 310 g/mol. The van der Waals surface area contributed by atoms with Crippen molar-refractivity contribution in [1.29, 1.82) is 0 Å². The van der Waals surface area contributed by atoms with E-state index in [-0.39, 0.29) is 5.82 Å². The van der Waals surface area contributed by atoms with Crippen molar-refractivity contribution in [2.75, 3.05) is 12.3 Å². The Balaban J connectivity index is 1.82. The second-order valence-corrected chi connectivity index (χ2v) is 5.44. The van der Waals surface area contributed by atoms with E-state index in [0.717, 1.165) is 24.0 Å². The number of aromatic nitrogens is 3. The van der Waals surface area contributed by atoms with Crippen LogP contribution in [0.1, 0.15) is 18.7 Å². The summed E-state index contributed by atoms with van der Waals surface area (Å²) >= 11 is 0. The van der Waals surface area contributed by atoms with Gasteiger partial charge in [-0.1, -0.05) is 12.1 Å². The largest absolute Gasteiger partial charge is 0.490 e. The quantitative estimate of drug-likeness (QED) is 0.789. The number of pyridine rings is 1. The van der Waals surface area contributed by atoms with Crippen LogP contribution in [0.5, 0.6) is 0 Å². The Bertz CT molecular complexity index is 916. The molecule has 0 fully saturated rings. The van der Waals surface area contributed by atoms with Gasteiger partial charge in [-0.3, -0.25) is 0 Å². The third-order valence-electron chi connectivity index (χ3n) is 3.78. The van der Waals surface area contributed by atoms with Crippen molar-refractivity contribution in [2.45, 2.75) is 12.8 Å². The Morgan fingerprint density at radius 1 is 1.17 bits per heavy atom. The van der Waals surface area contributed by atoms with Crippen LogP contribution < -0.4 is 5.73 Å². The molecule has 0 aliphatic carbocycles. The molecule has 0 saturated heterocycles. The highest BCUT2D eigenvalue weighted by Crippen LogP contribution is 2.26. The summed E-state index contributed by atoms with van der Waals surface area (Å²) in [6, 6.07) is 9.98. The van der Waals surface area contributed by atoms with Crippen LogP contribution in [0.25, 0.3) is 22.5 Å². The summed E-state index contributed by atoms with van der Waals surface area (Å²) in [6.45, 7) is 0.672. The van der Waals surface area contributed by atoms with Gasteiger partial charge in [0, 0.05) is 0 Å². The molecule has 5 nitrogen and oxygen atoms in total. The molecule has 23 heavy (non-hydrogen) atoms. The Kier molecular flexibility index (Phi) is 3.22. The zero-order chi connectivity index (χ0) is 15.8. The molecule has 1 aromatic carbocycles. The molecule has 6 heteroatoms. The van der Waals surface area contributed by atoms with Crippen LogP contribution in [0.4, 0.5) is 10.2 Å². The van der Waals surface area contributed by atoms with E-state index < -0.39 is 0 Å². The minimum atomic E-state index is -0.288. The molecule has 1 aliphatic rings. The molecule has 3 heterocycles. The summed E-state index contributed by atoms with van der Waals surface area (Å²) in [7, 11) is 0. The SMILES string of the molecule is Nc1cc(-c2cccc(F)c2)cc2nc(C3=CCCCO3)nn12. The molecule has 0 saturated carbocycles. The Morgan fingerprint density at radius 2 is 2.09 bits per heavy atom. The molecule has 0 spiro atoms. The van der Waals surface area contributed by atoms with Gasteiger partial charge in [-0.2, -0.15) is 4.52 Å². The number of anilines is 1. The van der Waals surface area contributed by atoms with Gasteiger partial charge in [0.05, 0.1) is 6.61 Å². The molecule has 3 aromatic rings. The van der Waals surface area contributed by atoms with Crippen molar-refractivity contribution in [1.82, 2.24) is 14.6 Å². The number of nitrogen functional groups attached to an aromatic ring is 1. The molecular formula is C17H15FN4O. The highest BCUT2D eigenvalue weighted by atomic mass is 19.1. The highest BCUT2D eigenvalue weighted by molar-refractivity contribution is 5.71. The second kappa shape index (κ2) is 5.39. The molecule has 0 atom stereocenters. The summed E-state index contributed by atoms with van der Waals surface area (Å²) in [5.74, 6) is 1.36. The predicted octanol–water partition coefficient (Wildman–Crippen LogP) is 3.27. The lowest BCUT2D eigenvalue weighted by atomic mass is 10.1. The van der Waals surface area contributed by atoms with Crippen LogP contribution in [-0.4, -0.2) is 21.2 Å². The first-order valence-corrected chi connectivity index (χ1v) is 7.46. The van der Waals surface area contributed by atoms with E-state index >= 15 is 0 Å². The van der Waals surface area contributed by atoms with Crippen LogP contribution in [-0.2, 0) is 4.74 Å². The number of ether oxygens (including phenoxy) is 1.